The van der Waals surface area contributed by atoms with Gasteiger partial charge >= 0.3 is 12.2 Å². The zero-order chi connectivity index (χ0) is 21.4. The molecule has 1 heterocycles. The van der Waals surface area contributed by atoms with Crippen molar-refractivity contribution < 1.29 is 22.4 Å². The van der Waals surface area contributed by atoms with E-state index in [0.717, 1.165) is 17.7 Å². The molecule has 2 aromatic carbocycles. The highest BCUT2D eigenvalue weighted by Gasteiger charge is 2.30. The summed E-state index contributed by atoms with van der Waals surface area (Å²) >= 11 is 0. The van der Waals surface area contributed by atoms with Crippen molar-refractivity contribution >= 4 is 6.03 Å². The smallest absolute Gasteiger partial charge is 0.416 e. The summed E-state index contributed by atoms with van der Waals surface area (Å²) in [5.74, 6) is 5.97. The molecule has 30 heavy (non-hydrogen) atoms. The number of benzene rings is 2. The first-order valence-corrected chi connectivity index (χ1v) is 9.17. The molecule has 0 spiro atoms. The number of carbonyl (C=O) groups is 1. The first-order valence-electron chi connectivity index (χ1n) is 9.17. The normalized spacial score (nSPS) is 10.8. The second-order valence-corrected chi connectivity index (χ2v) is 6.46. The van der Waals surface area contributed by atoms with Gasteiger partial charge in [0, 0.05) is 12.1 Å². The molecule has 2 amide bonds. The number of halogens is 3. The summed E-state index contributed by atoms with van der Waals surface area (Å²) < 4.78 is 43.6. The lowest BCUT2D eigenvalue weighted by Crippen LogP contribution is -2.39. The molecule has 0 aliphatic heterocycles. The Morgan fingerprint density at radius 1 is 1.00 bits per heavy atom. The van der Waals surface area contributed by atoms with Crippen LogP contribution in [0.2, 0.25) is 0 Å². The molecule has 0 unspecified atom stereocenters. The summed E-state index contributed by atoms with van der Waals surface area (Å²) in [5.41, 5.74) is 0.427. The van der Waals surface area contributed by atoms with Crippen LogP contribution < -0.4 is 5.32 Å². The molecule has 154 valence electrons. The highest BCUT2D eigenvalue weighted by atomic mass is 19.4. The molecular formula is C23H19F3N2O2. The Morgan fingerprint density at radius 2 is 1.80 bits per heavy atom. The van der Waals surface area contributed by atoms with Crippen LogP contribution in [0.15, 0.2) is 77.4 Å². The fourth-order valence-corrected chi connectivity index (χ4v) is 2.75. The second kappa shape index (κ2) is 9.70. The van der Waals surface area contributed by atoms with Crippen molar-refractivity contribution in [2.75, 3.05) is 6.54 Å². The van der Waals surface area contributed by atoms with E-state index in [2.05, 4.69) is 17.2 Å². The number of rotatable bonds is 5. The molecule has 1 N–H and O–H groups in total. The van der Waals surface area contributed by atoms with Crippen molar-refractivity contribution in [1.82, 2.24) is 10.2 Å². The maximum absolute atomic E-state index is 12.8. The van der Waals surface area contributed by atoms with Crippen LogP contribution in [0, 0.1) is 11.8 Å². The van der Waals surface area contributed by atoms with Gasteiger partial charge in [0.1, 0.15) is 5.76 Å². The van der Waals surface area contributed by atoms with Crippen LogP contribution in [-0.2, 0) is 19.3 Å². The lowest BCUT2D eigenvalue weighted by atomic mass is 10.1. The highest BCUT2D eigenvalue weighted by molar-refractivity contribution is 5.74. The number of amides is 2. The molecule has 0 fully saturated rings. The van der Waals surface area contributed by atoms with Crippen LogP contribution in [0.1, 0.15) is 22.5 Å². The van der Waals surface area contributed by atoms with Crippen molar-refractivity contribution in [3.63, 3.8) is 0 Å². The Morgan fingerprint density at radius 3 is 2.50 bits per heavy atom. The van der Waals surface area contributed by atoms with Crippen molar-refractivity contribution in [3.05, 3.63) is 95.4 Å². The monoisotopic (exact) mass is 412 g/mol. The molecule has 3 rings (SSSR count). The van der Waals surface area contributed by atoms with E-state index in [-0.39, 0.29) is 24.7 Å². The Bertz CT molecular complexity index is 1020. The third-order valence-corrected chi connectivity index (χ3v) is 4.18. The second-order valence-electron chi connectivity index (χ2n) is 6.46. The maximum atomic E-state index is 12.8. The van der Waals surface area contributed by atoms with E-state index < -0.39 is 11.7 Å². The van der Waals surface area contributed by atoms with Gasteiger partial charge in [-0.3, -0.25) is 0 Å². The van der Waals surface area contributed by atoms with Crippen LogP contribution in [-0.4, -0.2) is 17.5 Å². The molecular weight excluding hydrogens is 393 g/mol. The predicted molar refractivity (Wildman–Crippen MR) is 106 cm³/mol. The van der Waals surface area contributed by atoms with Gasteiger partial charge in [-0.05, 0) is 35.9 Å². The Labute approximate surface area is 172 Å². The van der Waals surface area contributed by atoms with Gasteiger partial charge < -0.3 is 14.6 Å². The van der Waals surface area contributed by atoms with Gasteiger partial charge in [-0.15, -0.1) is 0 Å². The molecule has 7 heteroatoms. The minimum absolute atomic E-state index is 0.00147. The fraction of sp³-hybridized carbons (Fsp3) is 0.174. The summed E-state index contributed by atoms with van der Waals surface area (Å²) in [4.78, 5) is 14.2. The first-order chi connectivity index (χ1) is 14.4. The van der Waals surface area contributed by atoms with E-state index in [0.29, 0.717) is 12.3 Å². The summed E-state index contributed by atoms with van der Waals surface area (Å²) in [5, 5.41) is 2.68. The molecule has 0 saturated carbocycles. The quantitative estimate of drug-likeness (QED) is 0.596. The van der Waals surface area contributed by atoms with Crippen LogP contribution in [0.4, 0.5) is 18.0 Å². The van der Waals surface area contributed by atoms with Gasteiger partial charge in [-0.25, -0.2) is 4.79 Å². The van der Waals surface area contributed by atoms with E-state index in [4.69, 9.17) is 4.42 Å². The van der Waals surface area contributed by atoms with E-state index in [1.807, 2.05) is 30.3 Å². The minimum Gasteiger partial charge on any atom is -0.467 e. The SMILES string of the molecule is O=C(NCC#Cc1cccc(C(F)(F)F)c1)N(Cc1ccccc1)Cc1ccco1. The van der Waals surface area contributed by atoms with Gasteiger partial charge in [0.05, 0.1) is 24.9 Å². The lowest BCUT2D eigenvalue weighted by molar-refractivity contribution is -0.137. The molecule has 3 aromatic rings. The molecule has 0 saturated heterocycles. The topological polar surface area (TPSA) is 45.5 Å². The number of hydrogen-bond donors (Lipinski definition) is 1. The molecule has 0 aliphatic rings. The van der Waals surface area contributed by atoms with E-state index in [1.165, 1.54) is 18.4 Å². The lowest BCUT2D eigenvalue weighted by Gasteiger charge is -2.21. The number of carbonyl (C=O) groups excluding carboxylic acids is 1. The fourth-order valence-electron chi connectivity index (χ4n) is 2.75. The summed E-state index contributed by atoms with van der Waals surface area (Å²) in [6.07, 6.45) is -2.88. The number of alkyl halides is 3. The molecule has 0 bridgehead atoms. The predicted octanol–water partition coefficient (Wildman–Crippen LogP) is 5.06. The molecule has 0 radical (unpaired) electrons. The highest BCUT2D eigenvalue weighted by Crippen LogP contribution is 2.29. The average molecular weight is 412 g/mol. The Kier molecular flexibility index (Phi) is 6.81. The van der Waals surface area contributed by atoms with Crippen molar-refractivity contribution in [2.24, 2.45) is 0 Å². The third kappa shape index (κ3) is 6.17. The summed E-state index contributed by atoms with van der Waals surface area (Å²) in [7, 11) is 0. The zero-order valence-electron chi connectivity index (χ0n) is 15.9. The van der Waals surface area contributed by atoms with Gasteiger partial charge in [0.25, 0.3) is 0 Å². The number of furan rings is 1. The molecule has 1 aromatic heterocycles. The van der Waals surface area contributed by atoms with Crippen molar-refractivity contribution in [3.8, 4) is 11.8 Å². The van der Waals surface area contributed by atoms with Crippen LogP contribution in [0.3, 0.4) is 0 Å². The van der Waals surface area contributed by atoms with Crippen molar-refractivity contribution in [2.45, 2.75) is 19.3 Å². The average Bonchev–Trinajstić information content (AvgIpc) is 3.24. The first kappa shape index (κ1) is 21.1. The van der Waals surface area contributed by atoms with Gasteiger partial charge in [0.2, 0.25) is 0 Å². The number of hydrogen-bond acceptors (Lipinski definition) is 2. The molecule has 0 aliphatic carbocycles. The summed E-state index contributed by atoms with van der Waals surface area (Å²) in [6.45, 7) is 0.641. The maximum Gasteiger partial charge on any atom is 0.416 e. The van der Waals surface area contributed by atoms with Crippen LogP contribution in [0.25, 0.3) is 0 Å². The third-order valence-electron chi connectivity index (χ3n) is 4.18. The van der Waals surface area contributed by atoms with Crippen molar-refractivity contribution in [1.29, 1.82) is 0 Å². The van der Waals surface area contributed by atoms with Gasteiger partial charge in [-0.1, -0.05) is 48.2 Å². The van der Waals surface area contributed by atoms with Gasteiger partial charge in [0.15, 0.2) is 0 Å². The number of nitrogens with zero attached hydrogens (tertiary/aromatic N) is 1. The Hall–Kier alpha value is -3.66. The summed E-state index contributed by atoms with van der Waals surface area (Å²) in [6, 6.07) is 17.4. The van der Waals surface area contributed by atoms with Crippen LogP contribution in [0.5, 0.6) is 0 Å². The van der Waals surface area contributed by atoms with E-state index >= 15 is 0 Å². The Balaban J connectivity index is 1.63. The molecule has 0 atom stereocenters. The zero-order valence-corrected chi connectivity index (χ0v) is 15.9. The van der Waals surface area contributed by atoms with E-state index in [9.17, 15) is 18.0 Å². The van der Waals surface area contributed by atoms with Gasteiger partial charge in [-0.2, -0.15) is 13.2 Å². The number of urea groups is 1. The standard InChI is InChI=1S/C23H19F3N2O2/c24-23(25,26)20-11-4-9-18(15-20)10-5-13-27-22(29)28(17-21-12-6-14-30-21)16-19-7-2-1-3-8-19/h1-4,6-9,11-12,14-15H,13,16-17H2,(H,27,29). The minimum atomic E-state index is -4.42. The number of nitrogens with one attached hydrogen (secondary N) is 1. The van der Waals surface area contributed by atoms with E-state index in [1.54, 1.807) is 17.0 Å². The largest absolute Gasteiger partial charge is 0.467 e. The van der Waals surface area contributed by atoms with Crippen LogP contribution >= 0.6 is 0 Å². The molecule has 4 nitrogen and oxygen atoms in total.